The highest BCUT2D eigenvalue weighted by Crippen LogP contribution is 2.34. The van der Waals surface area contributed by atoms with Crippen molar-refractivity contribution < 1.29 is 14.6 Å². The molecular formula is C22H25N3O3. The first kappa shape index (κ1) is 18.5. The van der Waals surface area contributed by atoms with Crippen LogP contribution in [0.5, 0.6) is 11.5 Å². The van der Waals surface area contributed by atoms with Gasteiger partial charge in [-0.25, -0.2) is 0 Å². The lowest BCUT2D eigenvalue weighted by molar-refractivity contribution is 0.281. The molecule has 0 amide bonds. The molecule has 2 heterocycles. The molecule has 4 rings (SSSR count). The van der Waals surface area contributed by atoms with E-state index in [1.54, 1.807) is 0 Å². The van der Waals surface area contributed by atoms with Gasteiger partial charge in [0, 0.05) is 43.9 Å². The maximum Gasteiger partial charge on any atom is 0.161 e. The van der Waals surface area contributed by atoms with Gasteiger partial charge in [0.05, 0.1) is 25.5 Å². The van der Waals surface area contributed by atoms with Crippen LogP contribution < -0.4 is 14.8 Å². The number of hydrogen-bond acceptors (Lipinski definition) is 5. The second-order valence-electron chi connectivity index (χ2n) is 6.97. The van der Waals surface area contributed by atoms with Crippen molar-refractivity contribution >= 4 is 0 Å². The van der Waals surface area contributed by atoms with Gasteiger partial charge >= 0.3 is 0 Å². The fourth-order valence-electron chi connectivity index (χ4n) is 3.40. The average molecular weight is 379 g/mol. The summed E-state index contributed by atoms with van der Waals surface area (Å²) >= 11 is 0. The van der Waals surface area contributed by atoms with Gasteiger partial charge in [0.15, 0.2) is 11.5 Å². The molecule has 2 aromatic carbocycles. The molecule has 0 fully saturated rings. The van der Waals surface area contributed by atoms with Crippen LogP contribution in [-0.4, -0.2) is 28.1 Å². The summed E-state index contributed by atoms with van der Waals surface area (Å²) in [6, 6.07) is 14.0. The normalized spacial score (nSPS) is 13.4. The molecule has 6 nitrogen and oxygen atoms in total. The third-order valence-electron chi connectivity index (χ3n) is 4.74. The summed E-state index contributed by atoms with van der Waals surface area (Å²) in [5, 5.41) is 17.4. The van der Waals surface area contributed by atoms with Crippen molar-refractivity contribution in [1.82, 2.24) is 15.1 Å². The molecule has 1 aliphatic rings. The van der Waals surface area contributed by atoms with Gasteiger partial charge in [-0.05, 0) is 29.3 Å². The number of nitrogens with zero attached hydrogens (tertiary/aromatic N) is 2. The maximum atomic E-state index is 9.28. The molecule has 0 saturated heterocycles. The van der Waals surface area contributed by atoms with Gasteiger partial charge in [-0.2, -0.15) is 5.10 Å². The third kappa shape index (κ3) is 4.18. The molecule has 0 unspecified atom stereocenters. The number of aromatic nitrogens is 2. The van der Waals surface area contributed by atoms with Crippen molar-refractivity contribution in [3.63, 3.8) is 0 Å². The van der Waals surface area contributed by atoms with Crippen LogP contribution in [0.3, 0.4) is 0 Å². The predicted octanol–water partition coefficient (Wildman–Crippen LogP) is 3.03. The lowest BCUT2D eigenvalue weighted by Gasteiger charge is -2.10. The number of aryl methyl sites for hydroxylation is 1. The summed E-state index contributed by atoms with van der Waals surface area (Å²) in [7, 11) is 1.93. The first-order chi connectivity index (χ1) is 13.7. The topological polar surface area (TPSA) is 68.5 Å². The number of fused-ring (bicyclic) bond motifs is 1. The van der Waals surface area contributed by atoms with Crippen LogP contribution in [0.25, 0.3) is 11.3 Å². The van der Waals surface area contributed by atoms with Gasteiger partial charge in [-0.15, -0.1) is 0 Å². The molecule has 0 radical (unpaired) electrons. The molecule has 1 aromatic heterocycles. The summed E-state index contributed by atoms with van der Waals surface area (Å²) in [5.74, 6) is 1.57. The van der Waals surface area contributed by atoms with Crippen LogP contribution in [0.1, 0.15) is 23.1 Å². The molecule has 0 atom stereocenters. The van der Waals surface area contributed by atoms with Gasteiger partial charge in [0.2, 0.25) is 0 Å². The molecule has 0 aliphatic carbocycles. The molecular weight excluding hydrogens is 354 g/mol. The minimum Gasteiger partial charge on any atom is -0.490 e. The van der Waals surface area contributed by atoms with Gasteiger partial charge in [0.1, 0.15) is 0 Å². The number of ether oxygens (including phenoxy) is 2. The number of aliphatic hydroxyl groups is 1. The van der Waals surface area contributed by atoms with Crippen molar-refractivity contribution in [3.05, 3.63) is 65.4 Å². The zero-order chi connectivity index (χ0) is 19.3. The van der Waals surface area contributed by atoms with Crippen LogP contribution in [0.15, 0.2) is 48.7 Å². The second-order valence-corrected chi connectivity index (χ2v) is 6.97. The Balaban J connectivity index is 1.50. The molecule has 0 saturated carbocycles. The first-order valence-electron chi connectivity index (χ1n) is 9.55. The van der Waals surface area contributed by atoms with E-state index in [1.807, 2.05) is 54.3 Å². The number of rotatable bonds is 6. The monoisotopic (exact) mass is 379 g/mol. The third-order valence-corrected chi connectivity index (χ3v) is 4.74. The van der Waals surface area contributed by atoms with E-state index in [2.05, 4.69) is 16.5 Å². The smallest absolute Gasteiger partial charge is 0.161 e. The van der Waals surface area contributed by atoms with Gasteiger partial charge < -0.3 is 19.9 Å². The highest BCUT2D eigenvalue weighted by molar-refractivity contribution is 5.66. The SMILES string of the molecule is Cn1cc(CNCc2cccc(CO)c2)c(-c2ccc3c(c2)OCCCO3)n1. The second kappa shape index (κ2) is 8.46. The Labute approximate surface area is 164 Å². The van der Waals surface area contributed by atoms with Crippen LogP contribution in [0.4, 0.5) is 0 Å². The highest BCUT2D eigenvalue weighted by atomic mass is 16.5. The lowest BCUT2D eigenvalue weighted by Crippen LogP contribution is -2.13. The molecule has 3 aromatic rings. The van der Waals surface area contributed by atoms with Crippen molar-refractivity contribution in [3.8, 4) is 22.8 Å². The minimum absolute atomic E-state index is 0.0602. The number of benzene rings is 2. The van der Waals surface area contributed by atoms with Crippen LogP contribution in [0, 0.1) is 0 Å². The standard InChI is InChI=1S/C22H25N3O3/c1-25-14-19(13-23-12-16-4-2-5-17(10-16)15-26)22(24-25)18-6-7-20-21(11-18)28-9-3-8-27-20/h2,4-7,10-11,14,23,26H,3,8-9,12-13,15H2,1H3. The molecule has 28 heavy (non-hydrogen) atoms. The Morgan fingerprint density at radius 2 is 1.86 bits per heavy atom. The first-order valence-corrected chi connectivity index (χ1v) is 9.55. The Morgan fingerprint density at radius 3 is 2.71 bits per heavy atom. The molecule has 6 heteroatoms. The van der Waals surface area contributed by atoms with Gasteiger partial charge in [-0.3, -0.25) is 4.68 Å². The summed E-state index contributed by atoms with van der Waals surface area (Å²) in [5.41, 5.74) is 5.15. The molecule has 1 aliphatic heterocycles. The fraction of sp³-hybridized carbons (Fsp3) is 0.318. The van der Waals surface area contributed by atoms with E-state index in [0.717, 1.165) is 52.4 Å². The van der Waals surface area contributed by atoms with Crippen LogP contribution >= 0.6 is 0 Å². The van der Waals surface area contributed by atoms with E-state index in [0.29, 0.717) is 19.8 Å². The summed E-state index contributed by atoms with van der Waals surface area (Å²) in [4.78, 5) is 0. The van der Waals surface area contributed by atoms with Crippen molar-refractivity contribution in [2.75, 3.05) is 13.2 Å². The van der Waals surface area contributed by atoms with Crippen LogP contribution in [0.2, 0.25) is 0 Å². The van der Waals surface area contributed by atoms with E-state index in [-0.39, 0.29) is 6.61 Å². The number of nitrogens with one attached hydrogen (secondary N) is 1. The number of aliphatic hydroxyl groups excluding tert-OH is 1. The van der Waals surface area contributed by atoms with E-state index in [4.69, 9.17) is 9.47 Å². The molecule has 2 N–H and O–H groups in total. The predicted molar refractivity (Wildman–Crippen MR) is 107 cm³/mol. The number of hydrogen-bond donors (Lipinski definition) is 2. The molecule has 0 spiro atoms. The van der Waals surface area contributed by atoms with E-state index < -0.39 is 0 Å². The summed E-state index contributed by atoms with van der Waals surface area (Å²) in [6.45, 7) is 2.83. The summed E-state index contributed by atoms with van der Waals surface area (Å²) in [6.07, 6.45) is 2.93. The average Bonchev–Trinajstić information content (AvgIpc) is 2.93. The van der Waals surface area contributed by atoms with Crippen molar-refractivity contribution in [1.29, 1.82) is 0 Å². The van der Waals surface area contributed by atoms with Crippen molar-refractivity contribution in [2.24, 2.45) is 7.05 Å². The Kier molecular flexibility index (Phi) is 5.60. The Hall–Kier alpha value is -2.83. The largest absolute Gasteiger partial charge is 0.490 e. The van der Waals surface area contributed by atoms with Gasteiger partial charge in [-0.1, -0.05) is 24.3 Å². The van der Waals surface area contributed by atoms with Crippen molar-refractivity contribution in [2.45, 2.75) is 26.1 Å². The van der Waals surface area contributed by atoms with Crippen LogP contribution in [-0.2, 0) is 26.7 Å². The van der Waals surface area contributed by atoms with E-state index in [9.17, 15) is 5.11 Å². The Morgan fingerprint density at radius 1 is 1.04 bits per heavy atom. The van der Waals surface area contributed by atoms with E-state index >= 15 is 0 Å². The van der Waals surface area contributed by atoms with Gasteiger partial charge in [0.25, 0.3) is 0 Å². The minimum atomic E-state index is 0.0602. The fourth-order valence-corrected chi connectivity index (χ4v) is 3.40. The summed E-state index contributed by atoms with van der Waals surface area (Å²) < 4.78 is 13.4. The zero-order valence-corrected chi connectivity index (χ0v) is 16.0. The maximum absolute atomic E-state index is 9.28. The molecule has 0 bridgehead atoms. The van der Waals surface area contributed by atoms with E-state index in [1.165, 1.54) is 0 Å². The highest BCUT2D eigenvalue weighted by Gasteiger charge is 2.15. The quantitative estimate of drug-likeness (QED) is 0.689. The zero-order valence-electron chi connectivity index (χ0n) is 16.0. The lowest BCUT2D eigenvalue weighted by atomic mass is 10.1. The Bertz CT molecular complexity index is 952. The molecule has 146 valence electrons.